The van der Waals surface area contributed by atoms with E-state index >= 15 is 0 Å². The van der Waals surface area contributed by atoms with E-state index in [0.717, 1.165) is 66.6 Å². The minimum Gasteiger partial charge on any atom is -0.362 e. The molecule has 2 aromatic heterocycles. The number of hydrogen-bond acceptors (Lipinski definition) is 5. The largest absolute Gasteiger partial charge is 0.362 e. The molecule has 5 rings (SSSR count). The van der Waals surface area contributed by atoms with Crippen LogP contribution in [0.1, 0.15) is 37.8 Å². The third-order valence-corrected chi connectivity index (χ3v) is 6.98. The SMILES string of the molecule is CN(C)c1nc(NC2CCC(CNC(=O)CCc3cc4ccccc4[nH]3)CC2)nc2ccccc12. The summed E-state index contributed by atoms with van der Waals surface area (Å²) in [6, 6.07) is 18.8. The molecule has 7 heteroatoms. The molecule has 2 aromatic carbocycles. The molecule has 35 heavy (non-hydrogen) atoms. The lowest BCUT2D eigenvalue weighted by Crippen LogP contribution is -2.34. The molecular formula is C28H34N6O. The summed E-state index contributed by atoms with van der Waals surface area (Å²) in [5.74, 6) is 2.28. The topological polar surface area (TPSA) is 85.9 Å². The fourth-order valence-electron chi connectivity index (χ4n) is 5.02. The minimum absolute atomic E-state index is 0.129. The quantitative estimate of drug-likeness (QED) is 0.341. The number of aromatic amines is 1. The van der Waals surface area contributed by atoms with Gasteiger partial charge in [0.1, 0.15) is 5.82 Å². The third kappa shape index (κ3) is 5.56. The van der Waals surface area contributed by atoms with E-state index in [1.54, 1.807) is 0 Å². The number of carbonyl (C=O) groups excluding carboxylic acids is 1. The van der Waals surface area contributed by atoms with E-state index in [2.05, 4.69) is 39.9 Å². The van der Waals surface area contributed by atoms with Gasteiger partial charge >= 0.3 is 0 Å². The van der Waals surface area contributed by atoms with Crippen LogP contribution in [0.3, 0.4) is 0 Å². The molecule has 7 nitrogen and oxygen atoms in total. The highest BCUT2D eigenvalue weighted by atomic mass is 16.1. The highest BCUT2D eigenvalue weighted by Gasteiger charge is 2.22. The van der Waals surface area contributed by atoms with Crippen LogP contribution in [0.15, 0.2) is 54.6 Å². The van der Waals surface area contributed by atoms with Crippen LogP contribution >= 0.6 is 0 Å². The van der Waals surface area contributed by atoms with Crippen molar-refractivity contribution in [1.29, 1.82) is 0 Å². The molecule has 182 valence electrons. The van der Waals surface area contributed by atoms with E-state index in [4.69, 9.17) is 9.97 Å². The van der Waals surface area contributed by atoms with Crippen molar-refractivity contribution >= 4 is 39.5 Å². The van der Waals surface area contributed by atoms with Crippen LogP contribution in [0.25, 0.3) is 21.8 Å². The summed E-state index contributed by atoms with van der Waals surface area (Å²) in [5, 5.41) is 8.98. The molecule has 0 bridgehead atoms. The predicted octanol–water partition coefficient (Wildman–Crippen LogP) is 4.90. The van der Waals surface area contributed by atoms with E-state index in [1.807, 2.05) is 49.3 Å². The van der Waals surface area contributed by atoms with E-state index in [9.17, 15) is 4.79 Å². The minimum atomic E-state index is 0.129. The van der Waals surface area contributed by atoms with Crippen molar-refractivity contribution in [3.05, 3.63) is 60.3 Å². The lowest BCUT2D eigenvalue weighted by atomic mass is 9.86. The zero-order chi connectivity index (χ0) is 24.2. The van der Waals surface area contributed by atoms with Crippen molar-refractivity contribution in [3.8, 4) is 0 Å². The number of nitrogens with one attached hydrogen (secondary N) is 3. The van der Waals surface area contributed by atoms with Crippen LogP contribution in [0.2, 0.25) is 0 Å². The first-order valence-electron chi connectivity index (χ1n) is 12.6. The number of para-hydroxylation sites is 2. The number of carbonyl (C=O) groups is 1. The summed E-state index contributed by atoms with van der Waals surface area (Å²) in [4.78, 5) is 27.4. The predicted molar refractivity (Wildman–Crippen MR) is 143 cm³/mol. The van der Waals surface area contributed by atoms with Gasteiger partial charge in [0.15, 0.2) is 0 Å². The van der Waals surface area contributed by atoms with Crippen molar-refractivity contribution in [3.63, 3.8) is 0 Å². The summed E-state index contributed by atoms with van der Waals surface area (Å²) in [5.41, 5.74) is 3.19. The second-order valence-electron chi connectivity index (χ2n) is 9.83. The van der Waals surface area contributed by atoms with Crippen LogP contribution in [-0.4, -0.2) is 47.5 Å². The molecule has 0 aliphatic heterocycles. The van der Waals surface area contributed by atoms with Gasteiger partial charge in [-0.15, -0.1) is 0 Å². The van der Waals surface area contributed by atoms with Gasteiger partial charge in [-0.2, -0.15) is 4.98 Å². The van der Waals surface area contributed by atoms with Crippen molar-refractivity contribution in [2.45, 2.75) is 44.6 Å². The molecule has 1 fully saturated rings. The Hall–Kier alpha value is -3.61. The number of amides is 1. The van der Waals surface area contributed by atoms with Gasteiger partial charge in [-0.1, -0.05) is 30.3 Å². The summed E-state index contributed by atoms with van der Waals surface area (Å²) >= 11 is 0. The number of nitrogens with zero attached hydrogens (tertiary/aromatic N) is 3. The van der Waals surface area contributed by atoms with Crippen molar-refractivity contribution in [1.82, 2.24) is 20.3 Å². The number of fused-ring (bicyclic) bond motifs is 2. The first-order valence-corrected chi connectivity index (χ1v) is 12.6. The van der Waals surface area contributed by atoms with Gasteiger partial charge in [0.2, 0.25) is 11.9 Å². The molecule has 2 heterocycles. The van der Waals surface area contributed by atoms with Gasteiger partial charge < -0.3 is 20.5 Å². The van der Waals surface area contributed by atoms with Gasteiger partial charge in [-0.25, -0.2) is 4.98 Å². The molecule has 1 amide bonds. The number of aryl methyl sites for hydroxylation is 1. The first kappa shape index (κ1) is 23.1. The first-order chi connectivity index (χ1) is 17.0. The second-order valence-corrected chi connectivity index (χ2v) is 9.83. The molecule has 1 aliphatic carbocycles. The van der Waals surface area contributed by atoms with Crippen LogP contribution in [0.5, 0.6) is 0 Å². The maximum atomic E-state index is 12.4. The molecule has 4 aromatic rings. The number of rotatable bonds is 8. The highest BCUT2D eigenvalue weighted by Crippen LogP contribution is 2.28. The average Bonchev–Trinajstić information content (AvgIpc) is 3.29. The van der Waals surface area contributed by atoms with Crippen molar-refractivity contribution in [2.24, 2.45) is 5.92 Å². The van der Waals surface area contributed by atoms with E-state index in [1.165, 1.54) is 5.39 Å². The number of aromatic nitrogens is 3. The average molecular weight is 471 g/mol. The van der Waals surface area contributed by atoms with Crippen LogP contribution < -0.4 is 15.5 Å². The zero-order valence-corrected chi connectivity index (χ0v) is 20.6. The molecule has 1 saturated carbocycles. The Balaban J connectivity index is 1.08. The molecule has 0 radical (unpaired) electrons. The Bertz CT molecular complexity index is 1270. The molecular weight excluding hydrogens is 436 g/mol. The maximum Gasteiger partial charge on any atom is 0.225 e. The van der Waals surface area contributed by atoms with Crippen molar-refractivity contribution in [2.75, 3.05) is 30.9 Å². The van der Waals surface area contributed by atoms with Gasteiger partial charge in [-0.3, -0.25) is 4.79 Å². The normalized spacial score (nSPS) is 18.0. The highest BCUT2D eigenvalue weighted by molar-refractivity contribution is 5.90. The third-order valence-electron chi connectivity index (χ3n) is 6.98. The summed E-state index contributed by atoms with van der Waals surface area (Å²) in [6.45, 7) is 0.759. The molecule has 1 aliphatic rings. The van der Waals surface area contributed by atoms with E-state index in [-0.39, 0.29) is 5.91 Å². The molecule has 0 spiro atoms. The Kier molecular flexibility index (Phi) is 6.84. The number of H-pyrrole nitrogens is 1. The monoisotopic (exact) mass is 470 g/mol. The molecule has 3 N–H and O–H groups in total. The van der Waals surface area contributed by atoms with Crippen molar-refractivity contribution < 1.29 is 4.79 Å². The van der Waals surface area contributed by atoms with Crippen LogP contribution in [0, 0.1) is 5.92 Å². The lowest BCUT2D eigenvalue weighted by Gasteiger charge is -2.29. The van der Waals surface area contributed by atoms with E-state index < -0.39 is 0 Å². The van der Waals surface area contributed by atoms with Gasteiger partial charge in [0.05, 0.1) is 5.52 Å². The maximum absolute atomic E-state index is 12.4. The lowest BCUT2D eigenvalue weighted by molar-refractivity contribution is -0.121. The molecule has 0 atom stereocenters. The molecule has 0 unspecified atom stereocenters. The smallest absolute Gasteiger partial charge is 0.225 e. The zero-order valence-electron chi connectivity index (χ0n) is 20.6. The standard InChI is InChI=1S/C28H34N6O/c1-34(2)27-23-8-4-6-10-25(23)32-28(33-27)31-21-13-11-19(12-14-21)18-29-26(35)16-15-22-17-20-7-3-5-9-24(20)30-22/h3-10,17,19,21,30H,11-16,18H2,1-2H3,(H,29,35)(H,31,32,33). The Morgan fingerprint density at radius 2 is 1.80 bits per heavy atom. The Morgan fingerprint density at radius 3 is 2.60 bits per heavy atom. The number of benzene rings is 2. The van der Waals surface area contributed by atoms with Gasteiger partial charge in [0.25, 0.3) is 0 Å². The fourth-order valence-corrected chi connectivity index (χ4v) is 5.02. The van der Waals surface area contributed by atoms with Gasteiger partial charge in [0, 0.05) is 49.7 Å². The fraction of sp³-hybridized carbons (Fsp3) is 0.393. The summed E-state index contributed by atoms with van der Waals surface area (Å²) < 4.78 is 0. The number of hydrogen-bond donors (Lipinski definition) is 3. The Morgan fingerprint density at radius 1 is 1.03 bits per heavy atom. The second kappa shape index (κ2) is 10.3. The Labute approximate surface area is 206 Å². The summed E-state index contributed by atoms with van der Waals surface area (Å²) in [6.07, 6.45) is 5.55. The van der Waals surface area contributed by atoms with E-state index in [0.29, 0.717) is 24.3 Å². The molecule has 0 saturated heterocycles. The van der Waals surface area contributed by atoms with Crippen LogP contribution in [-0.2, 0) is 11.2 Å². The summed E-state index contributed by atoms with van der Waals surface area (Å²) in [7, 11) is 4.02. The van der Waals surface area contributed by atoms with Crippen LogP contribution in [0.4, 0.5) is 11.8 Å². The number of anilines is 2. The van der Waals surface area contributed by atoms with Gasteiger partial charge in [-0.05, 0) is 67.7 Å².